The Kier molecular flexibility index (Phi) is 8.93. The fourth-order valence-corrected chi connectivity index (χ4v) is 2.54. The summed E-state index contributed by atoms with van der Waals surface area (Å²) < 4.78 is 6.65. The van der Waals surface area contributed by atoms with E-state index in [2.05, 4.69) is 22.9 Å². The average Bonchev–Trinajstić information content (AvgIpc) is 2.43. The molecule has 0 spiro atoms. The molecule has 0 bridgehead atoms. The van der Waals surface area contributed by atoms with Crippen LogP contribution in [-0.4, -0.2) is 11.7 Å². The largest absolute Gasteiger partial charge is 0.492 e. The van der Waals surface area contributed by atoms with Crippen LogP contribution in [0.15, 0.2) is 22.7 Å². The molecule has 1 N–H and O–H groups in total. The van der Waals surface area contributed by atoms with Gasteiger partial charge in [0.2, 0.25) is 0 Å². The first-order valence-electron chi connectivity index (χ1n) is 7.30. The molecule has 1 aromatic rings. The Labute approximate surface area is 125 Å². The van der Waals surface area contributed by atoms with Crippen LogP contribution in [0.4, 0.5) is 0 Å². The van der Waals surface area contributed by atoms with Gasteiger partial charge in [-0.25, -0.2) is 0 Å². The van der Waals surface area contributed by atoms with Gasteiger partial charge in [-0.2, -0.15) is 0 Å². The lowest BCUT2D eigenvalue weighted by Crippen LogP contribution is -1.98. The number of aliphatic hydroxyl groups is 1. The normalized spacial score (nSPS) is 10.7. The Hall–Kier alpha value is -0.540. The van der Waals surface area contributed by atoms with Crippen LogP contribution in [0.5, 0.6) is 5.75 Å². The van der Waals surface area contributed by atoms with Crippen molar-refractivity contribution in [3.8, 4) is 5.75 Å². The van der Waals surface area contributed by atoms with E-state index in [1.54, 1.807) is 0 Å². The van der Waals surface area contributed by atoms with Gasteiger partial charge in [0.05, 0.1) is 17.7 Å². The second kappa shape index (κ2) is 10.3. The topological polar surface area (TPSA) is 29.5 Å². The molecule has 0 amide bonds. The lowest BCUT2D eigenvalue weighted by Gasteiger charge is -2.09. The summed E-state index contributed by atoms with van der Waals surface area (Å²) in [6.07, 6.45) is 9.06. The van der Waals surface area contributed by atoms with Gasteiger partial charge in [-0.1, -0.05) is 51.5 Å². The van der Waals surface area contributed by atoms with Crippen molar-refractivity contribution in [1.29, 1.82) is 0 Å². The van der Waals surface area contributed by atoms with Gasteiger partial charge in [-0.3, -0.25) is 0 Å². The molecule has 3 heteroatoms. The highest BCUT2D eigenvalue weighted by atomic mass is 79.9. The predicted molar refractivity (Wildman–Crippen MR) is 83.6 cm³/mol. The molecule has 0 aromatic heterocycles. The van der Waals surface area contributed by atoms with Gasteiger partial charge < -0.3 is 9.84 Å². The molecule has 1 rings (SSSR count). The number of unbranched alkanes of at least 4 members (excludes halogenated alkanes) is 6. The molecule has 2 nitrogen and oxygen atoms in total. The highest BCUT2D eigenvalue weighted by Gasteiger charge is 2.02. The van der Waals surface area contributed by atoms with E-state index in [9.17, 15) is 0 Å². The second-order valence-electron chi connectivity index (χ2n) is 4.89. The van der Waals surface area contributed by atoms with Crippen LogP contribution in [0.2, 0.25) is 0 Å². The molecule has 0 fully saturated rings. The summed E-state index contributed by atoms with van der Waals surface area (Å²) in [5, 5.41) is 9.03. The molecule has 0 unspecified atom stereocenters. The Bertz CT molecular complexity index is 353. The third-order valence-electron chi connectivity index (χ3n) is 3.18. The number of rotatable bonds is 10. The van der Waals surface area contributed by atoms with Gasteiger partial charge in [0.25, 0.3) is 0 Å². The monoisotopic (exact) mass is 328 g/mol. The van der Waals surface area contributed by atoms with E-state index >= 15 is 0 Å². The zero-order chi connectivity index (χ0) is 13.9. The molecule has 19 heavy (non-hydrogen) atoms. The molecular formula is C16H25BrO2. The van der Waals surface area contributed by atoms with Crippen LogP contribution in [-0.2, 0) is 6.61 Å². The van der Waals surface area contributed by atoms with Crippen molar-refractivity contribution < 1.29 is 9.84 Å². The minimum atomic E-state index is 0.0661. The highest BCUT2D eigenvalue weighted by Crippen LogP contribution is 2.26. The van der Waals surface area contributed by atoms with Crippen LogP contribution in [0, 0.1) is 0 Å². The standard InChI is InChI=1S/C16H25BrO2/c1-2-3-4-5-6-7-8-11-19-16-10-9-14(13-18)12-15(16)17/h9-10,12,18H,2-8,11,13H2,1H3. The fourth-order valence-electron chi connectivity index (χ4n) is 2.00. The first kappa shape index (κ1) is 16.5. The van der Waals surface area contributed by atoms with Crippen LogP contribution in [0.3, 0.4) is 0 Å². The maximum atomic E-state index is 9.03. The second-order valence-corrected chi connectivity index (χ2v) is 5.75. The van der Waals surface area contributed by atoms with Crippen molar-refractivity contribution in [3.05, 3.63) is 28.2 Å². The number of halogens is 1. The van der Waals surface area contributed by atoms with Crippen molar-refractivity contribution in [3.63, 3.8) is 0 Å². The lowest BCUT2D eigenvalue weighted by atomic mass is 10.1. The molecule has 108 valence electrons. The highest BCUT2D eigenvalue weighted by molar-refractivity contribution is 9.10. The van der Waals surface area contributed by atoms with E-state index in [1.165, 1.54) is 38.5 Å². The summed E-state index contributed by atoms with van der Waals surface area (Å²) in [6.45, 7) is 3.08. The van der Waals surface area contributed by atoms with E-state index in [1.807, 2.05) is 18.2 Å². The quantitative estimate of drug-likeness (QED) is 0.607. The first-order chi connectivity index (χ1) is 9.27. The molecule has 0 atom stereocenters. The molecule has 1 aromatic carbocycles. The Balaban J connectivity index is 2.12. The van der Waals surface area contributed by atoms with Gasteiger partial charge >= 0.3 is 0 Å². The Morgan fingerprint density at radius 3 is 2.37 bits per heavy atom. The predicted octanol–water partition coefficient (Wildman–Crippen LogP) is 5.07. The van der Waals surface area contributed by atoms with Crippen molar-refractivity contribution >= 4 is 15.9 Å². The van der Waals surface area contributed by atoms with E-state index in [0.717, 1.165) is 28.8 Å². The minimum absolute atomic E-state index is 0.0661. The van der Waals surface area contributed by atoms with Crippen molar-refractivity contribution in [1.82, 2.24) is 0 Å². The molecule has 0 radical (unpaired) electrons. The first-order valence-corrected chi connectivity index (χ1v) is 8.09. The number of ether oxygens (including phenoxy) is 1. The van der Waals surface area contributed by atoms with Crippen LogP contribution >= 0.6 is 15.9 Å². The molecule has 0 saturated carbocycles. The summed E-state index contributed by atoms with van der Waals surface area (Å²) in [7, 11) is 0. The van der Waals surface area contributed by atoms with Crippen molar-refractivity contribution in [2.45, 2.75) is 58.5 Å². The minimum Gasteiger partial charge on any atom is -0.492 e. The van der Waals surface area contributed by atoms with Gasteiger partial charge in [0.1, 0.15) is 5.75 Å². The fraction of sp³-hybridized carbons (Fsp3) is 0.625. The maximum absolute atomic E-state index is 9.03. The third kappa shape index (κ3) is 6.98. The third-order valence-corrected chi connectivity index (χ3v) is 3.80. The molecule has 0 aliphatic rings. The molecule has 0 saturated heterocycles. The summed E-state index contributed by atoms with van der Waals surface area (Å²) in [5.41, 5.74) is 0.898. The van der Waals surface area contributed by atoms with Gasteiger partial charge in [-0.05, 0) is 40.0 Å². The van der Waals surface area contributed by atoms with Crippen molar-refractivity contribution in [2.24, 2.45) is 0 Å². The molecule has 0 aliphatic carbocycles. The van der Waals surface area contributed by atoms with Crippen LogP contribution in [0.1, 0.15) is 57.4 Å². The maximum Gasteiger partial charge on any atom is 0.133 e. The zero-order valence-corrected chi connectivity index (χ0v) is 13.4. The Morgan fingerprint density at radius 1 is 1.05 bits per heavy atom. The van der Waals surface area contributed by atoms with E-state index in [0.29, 0.717) is 0 Å². The van der Waals surface area contributed by atoms with Gasteiger partial charge in [-0.15, -0.1) is 0 Å². The number of hydrogen-bond acceptors (Lipinski definition) is 2. The van der Waals surface area contributed by atoms with Crippen molar-refractivity contribution in [2.75, 3.05) is 6.61 Å². The zero-order valence-electron chi connectivity index (χ0n) is 11.8. The SMILES string of the molecule is CCCCCCCCCOc1ccc(CO)cc1Br. The van der Waals surface area contributed by atoms with E-state index in [-0.39, 0.29) is 6.61 Å². The average molecular weight is 329 g/mol. The molecule has 0 heterocycles. The number of aliphatic hydroxyl groups excluding tert-OH is 1. The van der Waals surface area contributed by atoms with Gasteiger partial charge in [0, 0.05) is 0 Å². The summed E-state index contributed by atoms with van der Waals surface area (Å²) in [4.78, 5) is 0. The van der Waals surface area contributed by atoms with Crippen LogP contribution in [0.25, 0.3) is 0 Å². The summed E-state index contributed by atoms with van der Waals surface area (Å²) in [5.74, 6) is 0.864. The summed E-state index contributed by atoms with van der Waals surface area (Å²) in [6, 6.07) is 5.71. The molecular weight excluding hydrogens is 304 g/mol. The van der Waals surface area contributed by atoms with Crippen LogP contribution < -0.4 is 4.74 Å². The smallest absolute Gasteiger partial charge is 0.133 e. The Morgan fingerprint density at radius 2 is 1.74 bits per heavy atom. The van der Waals surface area contributed by atoms with E-state index < -0.39 is 0 Å². The number of hydrogen-bond donors (Lipinski definition) is 1. The van der Waals surface area contributed by atoms with Gasteiger partial charge in [0.15, 0.2) is 0 Å². The van der Waals surface area contributed by atoms with E-state index in [4.69, 9.17) is 9.84 Å². The lowest BCUT2D eigenvalue weighted by molar-refractivity contribution is 0.280. The number of benzene rings is 1. The molecule has 0 aliphatic heterocycles. The summed E-state index contributed by atoms with van der Waals surface area (Å²) >= 11 is 3.46.